The number of rotatable bonds is 2. The molecule has 4 rings (SSSR count). The van der Waals surface area contributed by atoms with Gasteiger partial charge in [-0.25, -0.2) is 9.97 Å². The van der Waals surface area contributed by atoms with E-state index in [2.05, 4.69) is 9.97 Å². The van der Waals surface area contributed by atoms with Gasteiger partial charge in [0.1, 0.15) is 22.6 Å². The van der Waals surface area contributed by atoms with E-state index >= 15 is 0 Å². The molecule has 1 aromatic carbocycles. The lowest BCUT2D eigenvalue weighted by molar-refractivity contribution is -0.0587. The van der Waals surface area contributed by atoms with E-state index in [0.29, 0.717) is 35.7 Å². The molecule has 1 fully saturated rings. The number of carbonyl (C=O) groups excluding carboxylic acids is 1. The molecule has 0 radical (unpaired) electrons. The van der Waals surface area contributed by atoms with Crippen LogP contribution in [0.4, 0.5) is 5.95 Å². The van der Waals surface area contributed by atoms with Crippen LogP contribution in [-0.2, 0) is 4.74 Å². The first-order valence-corrected chi connectivity index (χ1v) is 8.54. The third-order valence-corrected chi connectivity index (χ3v) is 4.56. The molecule has 1 aliphatic heterocycles. The molecule has 0 bridgehead atoms. The van der Waals surface area contributed by atoms with Crippen LogP contribution in [0.5, 0.6) is 5.75 Å². The van der Waals surface area contributed by atoms with Crippen LogP contribution in [0.2, 0.25) is 0 Å². The molecule has 0 unspecified atom stereocenters. The number of nitrogens with zero attached hydrogens (tertiary/aromatic N) is 4. The summed E-state index contributed by atoms with van der Waals surface area (Å²) in [7, 11) is 1.58. The Morgan fingerprint density at radius 3 is 2.69 bits per heavy atom. The van der Waals surface area contributed by atoms with Crippen LogP contribution in [0.25, 0.3) is 16.6 Å². The summed E-state index contributed by atoms with van der Waals surface area (Å²) in [6, 6.07) is 5.57. The molecule has 1 amide bonds. The zero-order chi connectivity index (χ0) is 18.4. The van der Waals surface area contributed by atoms with E-state index in [1.54, 1.807) is 22.6 Å². The van der Waals surface area contributed by atoms with Gasteiger partial charge in [-0.15, -0.1) is 0 Å². The molecule has 2 N–H and O–H groups in total. The Labute approximate surface area is 150 Å². The molecule has 0 spiro atoms. The lowest BCUT2D eigenvalue weighted by Gasteiger charge is -2.34. The number of nitrogen functional groups attached to an aromatic ring is 1. The lowest BCUT2D eigenvalue weighted by atomic mass is 10.2. The standard InChI is InChI=1S/C18H21N5O3/c1-10-7-22(8-11(2)26-10)17(24)13-9-23-16(20-13)12-5-4-6-14(25-3)15(12)21-18(23)19/h4-6,9-11H,7-8H2,1-3H3,(H2,19,21)/t10-,11-/m1/s1. The minimum Gasteiger partial charge on any atom is -0.494 e. The van der Waals surface area contributed by atoms with Crippen LogP contribution in [0.3, 0.4) is 0 Å². The number of fused-ring (bicyclic) bond motifs is 3. The summed E-state index contributed by atoms with van der Waals surface area (Å²) in [6.45, 7) is 5.00. The molecule has 0 saturated carbocycles. The SMILES string of the molecule is COc1cccc2c1nc(N)n1cc(C(=O)N3C[C@@H](C)O[C@H](C)C3)nc21. The first-order chi connectivity index (χ1) is 12.5. The smallest absolute Gasteiger partial charge is 0.274 e. The summed E-state index contributed by atoms with van der Waals surface area (Å²) in [5.74, 6) is 0.738. The van der Waals surface area contributed by atoms with Crippen molar-refractivity contribution in [2.24, 2.45) is 0 Å². The van der Waals surface area contributed by atoms with Gasteiger partial charge < -0.3 is 20.1 Å². The van der Waals surface area contributed by atoms with Crippen molar-refractivity contribution in [1.29, 1.82) is 0 Å². The molecule has 1 saturated heterocycles. The lowest BCUT2D eigenvalue weighted by Crippen LogP contribution is -2.48. The third kappa shape index (κ3) is 2.62. The minimum absolute atomic E-state index is 0.00319. The van der Waals surface area contributed by atoms with Crippen LogP contribution >= 0.6 is 0 Å². The van der Waals surface area contributed by atoms with Crippen molar-refractivity contribution < 1.29 is 14.3 Å². The predicted molar refractivity (Wildman–Crippen MR) is 97.4 cm³/mol. The number of morpholine rings is 1. The van der Waals surface area contributed by atoms with Gasteiger partial charge in [0.25, 0.3) is 5.91 Å². The Morgan fingerprint density at radius 2 is 2.00 bits per heavy atom. The highest BCUT2D eigenvalue weighted by atomic mass is 16.5. The summed E-state index contributed by atoms with van der Waals surface area (Å²) in [5, 5.41) is 0.779. The molecule has 8 heteroatoms. The van der Waals surface area contributed by atoms with Gasteiger partial charge in [0.15, 0.2) is 0 Å². The van der Waals surface area contributed by atoms with Gasteiger partial charge >= 0.3 is 0 Å². The summed E-state index contributed by atoms with van der Waals surface area (Å²) in [5.41, 5.74) is 7.65. The molecular weight excluding hydrogens is 334 g/mol. The second-order valence-corrected chi connectivity index (χ2v) is 6.61. The molecule has 1 aliphatic rings. The second-order valence-electron chi connectivity index (χ2n) is 6.61. The fourth-order valence-corrected chi connectivity index (χ4v) is 3.50. The Kier molecular flexibility index (Phi) is 3.91. The van der Waals surface area contributed by atoms with Gasteiger partial charge in [-0.05, 0) is 26.0 Å². The highest BCUT2D eigenvalue weighted by Gasteiger charge is 2.28. The number of carbonyl (C=O) groups is 1. The average Bonchev–Trinajstić information content (AvgIpc) is 3.06. The first-order valence-electron chi connectivity index (χ1n) is 8.54. The highest BCUT2D eigenvalue weighted by Crippen LogP contribution is 2.28. The molecule has 3 aromatic rings. The Balaban J connectivity index is 1.81. The summed E-state index contributed by atoms with van der Waals surface area (Å²) in [6.07, 6.45) is 1.64. The van der Waals surface area contributed by atoms with Gasteiger partial charge in [-0.1, -0.05) is 6.07 Å². The number of methoxy groups -OCH3 is 1. The number of hydrogen-bond acceptors (Lipinski definition) is 6. The van der Waals surface area contributed by atoms with Crippen LogP contribution in [0.15, 0.2) is 24.4 Å². The number of ether oxygens (including phenoxy) is 2. The van der Waals surface area contributed by atoms with Crippen molar-refractivity contribution in [3.8, 4) is 5.75 Å². The maximum absolute atomic E-state index is 12.9. The molecule has 3 heterocycles. The monoisotopic (exact) mass is 355 g/mol. The van der Waals surface area contributed by atoms with E-state index in [-0.39, 0.29) is 24.1 Å². The van der Waals surface area contributed by atoms with Crippen LogP contribution < -0.4 is 10.5 Å². The maximum atomic E-state index is 12.9. The Morgan fingerprint density at radius 1 is 1.27 bits per heavy atom. The number of para-hydroxylation sites is 1. The molecule has 26 heavy (non-hydrogen) atoms. The van der Waals surface area contributed by atoms with Gasteiger partial charge in [0.05, 0.1) is 19.3 Å². The maximum Gasteiger partial charge on any atom is 0.274 e. The fourth-order valence-electron chi connectivity index (χ4n) is 3.50. The summed E-state index contributed by atoms with van der Waals surface area (Å²) >= 11 is 0. The predicted octanol–water partition coefficient (Wildman–Crippen LogP) is 1.72. The molecule has 0 aliphatic carbocycles. The summed E-state index contributed by atoms with van der Waals surface area (Å²) < 4.78 is 12.7. The van der Waals surface area contributed by atoms with Gasteiger partial charge in [0, 0.05) is 24.7 Å². The molecule has 2 aromatic heterocycles. The van der Waals surface area contributed by atoms with Crippen LogP contribution in [0, 0.1) is 0 Å². The summed E-state index contributed by atoms with van der Waals surface area (Å²) in [4.78, 5) is 23.7. The first kappa shape index (κ1) is 16.6. The zero-order valence-corrected chi connectivity index (χ0v) is 15.0. The quantitative estimate of drug-likeness (QED) is 0.752. The molecular formula is C18H21N5O3. The van der Waals surface area contributed by atoms with Crippen LogP contribution in [-0.4, -0.2) is 57.6 Å². The van der Waals surface area contributed by atoms with Gasteiger partial charge in [0.2, 0.25) is 5.95 Å². The van der Waals surface area contributed by atoms with E-state index in [9.17, 15) is 4.79 Å². The zero-order valence-electron chi connectivity index (χ0n) is 15.0. The number of anilines is 1. The number of nitrogens with two attached hydrogens (primary N) is 1. The van der Waals surface area contributed by atoms with Gasteiger partial charge in [-0.2, -0.15) is 0 Å². The third-order valence-electron chi connectivity index (χ3n) is 4.56. The molecule has 8 nitrogen and oxygen atoms in total. The average molecular weight is 355 g/mol. The topological polar surface area (TPSA) is 95.0 Å². The van der Waals surface area contributed by atoms with E-state index < -0.39 is 0 Å². The van der Waals surface area contributed by atoms with Crippen LogP contribution in [0.1, 0.15) is 24.3 Å². The number of hydrogen-bond donors (Lipinski definition) is 1. The highest BCUT2D eigenvalue weighted by molar-refractivity contribution is 5.99. The van der Waals surface area contributed by atoms with Crippen molar-refractivity contribution in [3.05, 3.63) is 30.1 Å². The van der Waals surface area contributed by atoms with Crippen molar-refractivity contribution >= 4 is 28.4 Å². The Hall–Kier alpha value is -2.87. The fraction of sp³-hybridized carbons (Fsp3) is 0.389. The Bertz CT molecular complexity index is 989. The van der Waals surface area contributed by atoms with Crippen molar-refractivity contribution in [1.82, 2.24) is 19.3 Å². The van der Waals surface area contributed by atoms with Crippen molar-refractivity contribution in [2.45, 2.75) is 26.1 Å². The number of benzene rings is 1. The normalized spacial score (nSPS) is 20.7. The largest absolute Gasteiger partial charge is 0.494 e. The van der Waals surface area contributed by atoms with Crippen molar-refractivity contribution in [2.75, 3.05) is 25.9 Å². The molecule has 136 valence electrons. The number of aromatic nitrogens is 3. The van der Waals surface area contributed by atoms with E-state index in [1.165, 1.54) is 0 Å². The van der Waals surface area contributed by atoms with E-state index in [1.807, 2.05) is 32.0 Å². The van der Waals surface area contributed by atoms with E-state index in [4.69, 9.17) is 15.2 Å². The van der Waals surface area contributed by atoms with E-state index in [0.717, 1.165) is 5.39 Å². The number of amides is 1. The van der Waals surface area contributed by atoms with Gasteiger partial charge in [-0.3, -0.25) is 9.20 Å². The van der Waals surface area contributed by atoms with Crippen molar-refractivity contribution in [3.63, 3.8) is 0 Å². The second kappa shape index (κ2) is 6.14. The number of imidazole rings is 1. The molecule has 2 atom stereocenters. The minimum atomic E-state index is -0.133.